The number of rotatable bonds is 6. The highest BCUT2D eigenvalue weighted by atomic mass is 16.5. The average Bonchev–Trinajstić information content (AvgIpc) is 2.24. The second kappa shape index (κ2) is 6.19. The largest absolute Gasteiger partial charge is 0.475 e. The SMILES string of the molecule is CCNc1ncnc(OCCOC)c1C. The van der Waals surface area contributed by atoms with E-state index in [0.717, 1.165) is 17.9 Å². The number of hydrogen-bond donors (Lipinski definition) is 1. The number of nitrogens with one attached hydrogen (secondary N) is 1. The van der Waals surface area contributed by atoms with Crippen LogP contribution in [0.2, 0.25) is 0 Å². The molecule has 1 N–H and O–H groups in total. The lowest BCUT2D eigenvalue weighted by atomic mass is 10.3. The van der Waals surface area contributed by atoms with Crippen LogP contribution in [-0.4, -0.2) is 36.8 Å². The third-order valence-corrected chi connectivity index (χ3v) is 1.91. The van der Waals surface area contributed by atoms with Crippen molar-refractivity contribution in [3.05, 3.63) is 11.9 Å². The summed E-state index contributed by atoms with van der Waals surface area (Å²) < 4.78 is 10.3. The van der Waals surface area contributed by atoms with Gasteiger partial charge in [0, 0.05) is 13.7 Å². The number of methoxy groups -OCH3 is 1. The van der Waals surface area contributed by atoms with E-state index in [2.05, 4.69) is 15.3 Å². The van der Waals surface area contributed by atoms with Gasteiger partial charge < -0.3 is 14.8 Å². The first-order valence-corrected chi connectivity index (χ1v) is 4.96. The number of ether oxygens (including phenoxy) is 2. The van der Waals surface area contributed by atoms with Crippen LogP contribution in [0.4, 0.5) is 5.82 Å². The van der Waals surface area contributed by atoms with Gasteiger partial charge in [0.05, 0.1) is 12.2 Å². The first-order chi connectivity index (χ1) is 7.29. The summed E-state index contributed by atoms with van der Waals surface area (Å²) in [5.41, 5.74) is 0.926. The summed E-state index contributed by atoms with van der Waals surface area (Å²) in [6.45, 7) is 5.84. The van der Waals surface area contributed by atoms with E-state index < -0.39 is 0 Å². The number of aromatic nitrogens is 2. The van der Waals surface area contributed by atoms with Gasteiger partial charge in [-0.3, -0.25) is 0 Å². The van der Waals surface area contributed by atoms with E-state index in [9.17, 15) is 0 Å². The quantitative estimate of drug-likeness (QED) is 0.717. The molecule has 0 aliphatic heterocycles. The van der Waals surface area contributed by atoms with E-state index in [1.54, 1.807) is 7.11 Å². The summed E-state index contributed by atoms with van der Waals surface area (Å²) in [5.74, 6) is 1.43. The molecular weight excluding hydrogens is 194 g/mol. The maximum absolute atomic E-state index is 5.45. The zero-order valence-corrected chi connectivity index (χ0v) is 9.41. The summed E-state index contributed by atoms with van der Waals surface area (Å²) in [5, 5.41) is 3.14. The van der Waals surface area contributed by atoms with Crippen LogP contribution in [0.15, 0.2) is 6.33 Å². The van der Waals surface area contributed by atoms with Crippen LogP contribution in [0.3, 0.4) is 0 Å². The van der Waals surface area contributed by atoms with Crippen molar-refractivity contribution < 1.29 is 9.47 Å². The summed E-state index contributed by atoms with van der Waals surface area (Å²) in [4.78, 5) is 8.19. The standard InChI is InChI=1S/C10H17N3O2/c1-4-11-9-8(2)10(13-7-12-9)15-6-5-14-3/h7H,4-6H2,1-3H3,(H,11,12,13). The lowest BCUT2D eigenvalue weighted by molar-refractivity contribution is 0.143. The van der Waals surface area contributed by atoms with Gasteiger partial charge in [-0.05, 0) is 13.8 Å². The van der Waals surface area contributed by atoms with Crippen molar-refractivity contribution in [1.29, 1.82) is 0 Å². The molecule has 0 unspecified atom stereocenters. The minimum Gasteiger partial charge on any atom is -0.475 e. The monoisotopic (exact) mass is 211 g/mol. The topological polar surface area (TPSA) is 56.3 Å². The minimum absolute atomic E-state index is 0.500. The molecule has 5 heteroatoms. The first kappa shape index (κ1) is 11.7. The molecule has 1 rings (SSSR count). The minimum atomic E-state index is 0.500. The molecule has 0 amide bonds. The molecule has 0 aliphatic rings. The molecule has 0 radical (unpaired) electrons. The highest BCUT2D eigenvalue weighted by Gasteiger charge is 2.06. The Morgan fingerprint density at radius 1 is 1.33 bits per heavy atom. The van der Waals surface area contributed by atoms with Gasteiger partial charge >= 0.3 is 0 Å². The van der Waals surface area contributed by atoms with Crippen LogP contribution in [0.25, 0.3) is 0 Å². The van der Waals surface area contributed by atoms with Crippen LogP contribution in [-0.2, 0) is 4.74 Å². The molecule has 1 aromatic heterocycles. The third kappa shape index (κ3) is 3.36. The van der Waals surface area contributed by atoms with Crippen molar-refractivity contribution in [3.8, 4) is 5.88 Å². The van der Waals surface area contributed by atoms with E-state index >= 15 is 0 Å². The van der Waals surface area contributed by atoms with Gasteiger partial charge in [0.15, 0.2) is 0 Å². The number of nitrogens with zero attached hydrogens (tertiary/aromatic N) is 2. The molecule has 0 saturated heterocycles. The maximum Gasteiger partial charge on any atom is 0.221 e. The molecule has 15 heavy (non-hydrogen) atoms. The first-order valence-electron chi connectivity index (χ1n) is 4.96. The summed E-state index contributed by atoms with van der Waals surface area (Å²) >= 11 is 0. The lowest BCUT2D eigenvalue weighted by Crippen LogP contribution is -2.09. The highest BCUT2D eigenvalue weighted by Crippen LogP contribution is 2.19. The predicted molar refractivity (Wildman–Crippen MR) is 58.3 cm³/mol. The molecule has 84 valence electrons. The Balaban J connectivity index is 2.66. The average molecular weight is 211 g/mol. The van der Waals surface area contributed by atoms with E-state index in [-0.39, 0.29) is 0 Å². The summed E-state index contributed by atoms with van der Waals surface area (Å²) in [6, 6.07) is 0. The smallest absolute Gasteiger partial charge is 0.221 e. The molecular formula is C10H17N3O2. The van der Waals surface area contributed by atoms with Gasteiger partial charge in [-0.25, -0.2) is 9.97 Å². The normalized spacial score (nSPS) is 10.1. The van der Waals surface area contributed by atoms with Crippen molar-refractivity contribution >= 4 is 5.82 Å². The van der Waals surface area contributed by atoms with Crippen LogP contribution in [0.1, 0.15) is 12.5 Å². The summed E-state index contributed by atoms with van der Waals surface area (Å²) in [7, 11) is 1.64. The van der Waals surface area contributed by atoms with Crippen molar-refractivity contribution in [2.75, 3.05) is 32.2 Å². The van der Waals surface area contributed by atoms with Gasteiger partial charge in [0.2, 0.25) is 5.88 Å². The molecule has 1 heterocycles. The van der Waals surface area contributed by atoms with Gasteiger partial charge in [-0.15, -0.1) is 0 Å². The van der Waals surface area contributed by atoms with Gasteiger partial charge in [-0.2, -0.15) is 0 Å². The number of hydrogen-bond acceptors (Lipinski definition) is 5. The molecule has 0 fully saturated rings. The van der Waals surface area contributed by atoms with Crippen molar-refractivity contribution in [2.45, 2.75) is 13.8 Å². The molecule has 0 spiro atoms. The zero-order valence-electron chi connectivity index (χ0n) is 9.41. The van der Waals surface area contributed by atoms with E-state index in [1.807, 2.05) is 13.8 Å². The second-order valence-corrected chi connectivity index (χ2v) is 3.02. The molecule has 0 saturated carbocycles. The Morgan fingerprint density at radius 3 is 2.80 bits per heavy atom. The van der Waals surface area contributed by atoms with E-state index in [0.29, 0.717) is 19.1 Å². The Labute approximate surface area is 89.8 Å². The third-order valence-electron chi connectivity index (χ3n) is 1.91. The lowest BCUT2D eigenvalue weighted by Gasteiger charge is -2.10. The molecule has 0 aliphatic carbocycles. The molecule has 0 bridgehead atoms. The van der Waals surface area contributed by atoms with E-state index in [1.165, 1.54) is 6.33 Å². The van der Waals surface area contributed by atoms with Crippen LogP contribution in [0, 0.1) is 6.92 Å². The fraction of sp³-hybridized carbons (Fsp3) is 0.600. The van der Waals surface area contributed by atoms with E-state index in [4.69, 9.17) is 9.47 Å². The maximum atomic E-state index is 5.45. The predicted octanol–water partition coefficient (Wildman–Crippen LogP) is 1.24. The van der Waals surface area contributed by atoms with Crippen LogP contribution < -0.4 is 10.1 Å². The molecule has 0 aromatic carbocycles. The van der Waals surface area contributed by atoms with Crippen molar-refractivity contribution in [3.63, 3.8) is 0 Å². The fourth-order valence-corrected chi connectivity index (χ4v) is 1.15. The summed E-state index contributed by atoms with van der Waals surface area (Å²) in [6.07, 6.45) is 1.49. The molecule has 5 nitrogen and oxygen atoms in total. The molecule has 1 aromatic rings. The Morgan fingerprint density at radius 2 is 2.13 bits per heavy atom. The second-order valence-electron chi connectivity index (χ2n) is 3.02. The van der Waals surface area contributed by atoms with Crippen molar-refractivity contribution in [1.82, 2.24) is 9.97 Å². The Hall–Kier alpha value is -1.36. The van der Waals surface area contributed by atoms with Crippen molar-refractivity contribution in [2.24, 2.45) is 0 Å². The Kier molecular flexibility index (Phi) is 4.83. The fourth-order valence-electron chi connectivity index (χ4n) is 1.15. The van der Waals surface area contributed by atoms with Gasteiger partial charge in [-0.1, -0.05) is 0 Å². The van der Waals surface area contributed by atoms with Gasteiger partial charge in [0.25, 0.3) is 0 Å². The highest BCUT2D eigenvalue weighted by molar-refractivity contribution is 5.47. The Bertz CT molecular complexity index is 305. The van der Waals surface area contributed by atoms with Gasteiger partial charge in [0.1, 0.15) is 18.8 Å². The zero-order chi connectivity index (χ0) is 11.1. The molecule has 0 atom stereocenters. The van der Waals surface area contributed by atoms with Crippen LogP contribution in [0.5, 0.6) is 5.88 Å². The number of anilines is 1. The van der Waals surface area contributed by atoms with Crippen LogP contribution >= 0.6 is 0 Å².